The average Bonchev–Trinajstić information content (AvgIpc) is 3.25. The van der Waals surface area contributed by atoms with Gasteiger partial charge in [0.2, 0.25) is 0 Å². The van der Waals surface area contributed by atoms with Crippen LogP contribution in [-0.4, -0.2) is 14.5 Å². The highest BCUT2D eigenvalue weighted by molar-refractivity contribution is 5.79. The molecule has 0 aliphatic rings. The Hall–Kier alpha value is -2.88. The molecule has 0 saturated heterocycles. The van der Waals surface area contributed by atoms with Crippen molar-refractivity contribution < 1.29 is 4.42 Å². The molecule has 0 N–H and O–H groups in total. The molecule has 27 heavy (non-hydrogen) atoms. The number of oxazole rings is 1. The molecule has 0 bridgehead atoms. The number of benzene rings is 2. The van der Waals surface area contributed by atoms with Crippen molar-refractivity contribution in [3.63, 3.8) is 0 Å². The molecule has 0 saturated carbocycles. The van der Waals surface area contributed by atoms with Crippen LogP contribution in [0.2, 0.25) is 0 Å². The molecule has 4 nitrogen and oxygen atoms in total. The number of para-hydroxylation sites is 1. The molecule has 4 aromatic rings. The minimum absolute atomic E-state index is 0.426. The Morgan fingerprint density at radius 1 is 0.963 bits per heavy atom. The highest BCUT2D eigenvalue weighted by Crippen LogP contribution is 2.34. The van der Waals surface area contributed by atoms with Crippen LogP contribution in [-0.2, 0) is 0 Å². The maximum atomic E-state index is 5.62. The van der Waals surface area contributed by atoms with Crippen molar-refractivity contribution in [2.45, 2.75) is 46.5 Å². The van der Waals surface area contributed by atoms with Crippen LogP contribution in [0.5, 0.6) is 0 Å². The quantitative estimate of drug-likeness (QED) is 0.433. The predicted molar refractivity (Wildman–Crippen MR) is 109 cm³/mol. The zero-order valence-electron chi connectivity index (χ0n) is 16.5. The Morgan fingerprint density at radius 2 is 1.67 bits per heavy atom. The standard InChI is InChI=1S/C23H25N3O/c1-14(2)18-7-6-8-19(15(3)4)22(18)26-12-11-24-23(26)17-9-10-21-20(13-17)25-16(5)27-21/h6-15H,1-5H3. The molecule has 4 heteroatoms. The van der Waals surface area contributed by atoms with Crippen LogP contribution in [0, 0.1) is 6.92 Å². The number of hydrogen-bond acceptors (Lipinski definition) is 3. The van der Waals surface area contributed by atoms with E-state index in [1.807, 2.05) is 19.2 Å². The third-order valence-corrected chi connectivity index (χ3v) is 4.98. The zero-order valence-corrected chi connectivity index (χ0v) is 16.5. The fraction of sp³-hybridized carbons (Fsp3) is 0.304. The molecule has 0 amide bonds. The summed E-state index contributed by atoms with van der Waals surface area (Å²) in [5.41, 5.74) is 6.61. The smallest absolute Gasteiger partial charge is 0.192 e. The van der Waals surface area contributed by atoms with Crippen molar-refractivity contribution in [1.29, 1.82) is 0 Å². The Bertz CT molecular complexity index is 1080. The Labute approximate surface area is 159 Å². The van der Waals surface area contributed by atoms with E-state index in [1.165, 1.54) is 16.8 Å². The lowest BCUT2D eigenvalue weighted by Gasteiger charge is -2.21. The van der Waals surface area contributed by atoms with E-state index in [2.05, 4.69) is 78.8 Å². The lowest BCUT2D eigenvalue weighted by Crippen LogP contribution is -2.07. The van der Waals surface area contributed by atoms with Crippen LogP contribution in [0.1, 0.15) is 56.5 Å². The van der Waals surface area contributed by atoms with Gasteiger partial charge in [-0.2, -0.15) is 0 Å². The molecule has 0 unspecified atom stereocenters. The van der Waals surface area contributed by atoms with Gasteiger partial charge < -0.3 is 4.42 Å². The fourth-order valence-corrected chi connectivity index (χ4v) is 3.67. The van der Waals surface area contributed by atoms with Crippen molar-refractivity contribution in [3.05, 3.63) is 65.8 Å². The van der Waals surface area contributed by atoms with Crippen LogP contribution in [0.3, 0.4) is 0 Å². The molecule has 4 rings (SSSR count). The summed E-state index contributed by atoms with van der Waals surface area (Å²) in [6.07, 6.45) is 3.93. The van der Waals surface area contributed by atoms with Crippen LogP contribution in [0.15, 0.2) is 53.2 Å². The van der Waals surface area contributed by atoms with Crippen molar-refractivity contribution in [2.75, 3.05) is 0 Å². The number of nitrogens with zero attached hydrogens (tertiary/aromatic N) is 3. The summed E-state index contributed by atoms with van der Waals surface area (Å²) in [7, 11) is 0. The first kappa shape index (κ1) is 17.5. The maximum absolute atomic E-state index is 5.62. The largest absolute Gasteiger partial charge is 0.441 e. The fourth-order valence-electron chi connectivity index (χ4n) is 3.67. The minimum atomic E-state index is 0.426. The molecule has 0 aliphatic heterocycles. The monoisotopic (exact) mass is 359 g/mol. The van der Waals surface area contributed by atoms with Gasteiger partial charge in [-0.25, -0.2) is 9.97 Å². The van der Waals surface area contributed by atoms with Crippen LogP contribution >= 0.6 is 0 Å². The molecule has 0 atom stereocenters. The summed E-state index contributed by atoms with van der Waals surface area (Å²) < 4.78 is 7.84. The Balaban J connectivity index is 1.94. The second kappa shape index (κ2) is 6.69. The SMILES string of the molecule is Cc1nc2cc(-c3nccn3-c3c(C(C)C)cccc3C(C)C)ccc2o1. The van der Waals surface area contributed by atoms with Gasteiger partial charge in [-0.3, -0.25) is 4.57 Å². The molecular formula is C23H25N3O. The molecule has 0 spiro atoms. The summed E-state index contributed by atoms with van der Waals surface area (Å²) in [4.78, 5) is 9.16. The molecule has 2 aromatic carbocycles. The van der Waals surface area contributed by atoms with E-state index < -0.39 is 0 Å². The third-order valence-electron chi connectivity index (χ3n) is 4.98. The van der Waals surface area contributed by atoms with Crippen LogP contribution in [0.4, 0.5) is 0 Å². The number of aryl methyl sites for hydroxylation is 1. The topological polar surface area (TPSA) is 43.9 Å². The van der Waals surface area contributed by atoms with Gasteiger partial charge in [0, 0.05) is 24.9 Å². The normalized spacial score (nSPS) is 11.8. The van der Waals surface area contributed by atoms with Gasteiger partial charge in [-0.1, -0.05) is 45.9 Å². The number of hydrogen-bond donors (Lipinski definition) is 0. The first-order valence-electron chi connectivity index (χ1n) is 9.49. The summed E-state index contributed by atoms with van der Waals surface area (Å²) in [6, 6.07) is 12.7. The van der Waals surface area contributed by atoms with E-state index in [1.54, 1.807) is 0 Å². The van der Waals surface area contributed by atoms with Crippen molar-refractivity contribution >= 4 is 11.1 Å². The first-order chi connectivity index (χ1) is 13.0. The first-order valence-corrected chi connectivity index (χ1v) is 9.49. The van der Waals surface area contributed by atoms with Gasteiger partial charge in [0.25, 0.3) is 0 Å². The molecule has 0 aliphatic carbocycles. The van der Waals surface area contributed by atoms with Crippen molar-refractivity contribution in [2.24, 2.45) is 0 Å². The van der Waals surface area contributed by atoms with Crippen molar-refractivity contribution in [3.8, 4) is 17.1 Å². The Morgan fingerprint density at radius 3 is 2.33 bits per heavy atom. The van der Waals surface area contributed by atoms with Gasteiger partial charge in [-0.15, -0.1) is 0 Å². The highest BCUT2D eigenvalue weighted by Gasteiger charge is 2.19. The van der Waals surface area contributed by atoms with Crippen molar-refractivity contribution in [1.82, 2.24) is 14.5 Å². The number of fused-ring (bicyclic) bond motifs is 1. The lowest BCUT2D eigenvalue weighted by molar-refractivity contribution is 0.561. The van der Waals surface area contributed by atoms with E-state index in [9.17, 15) is 0 Å². The molecule has 138 valence electrons. The van der Waals surface area contributed by atoms with E-state index in [0.29, 0.717) is 17.7 Å². The summed E-state index contributed by atoms with van der Waals surface area (Å²) >= 11 is 0. The molecule has 0 radical (unpaired) electrons. The molecule has 2 heterocycles. The lowest BCUT2D eigenvalue weighted by atomic mass is 9.92. The van der Waals surface area contributed by atoms with Gasteiger partial charge in [0.15, 0.2) is 11.5 Å². The molecular weight excluding hydrogens is 334 g/mol. The molecule has 0 fully saturated rings. The van der Waals surface area contributed by atoms with Gasteiger partial charge in [-0.05, 0) is 41.2 Å². The van der Waals surface area contributed by atoms with E-state index in [0.717, 1.165) is 22.5 Å². The number of imidazole rings is 1. The Kier molecular flexibility index (Phi) is 4.34. The molecule has 2 aromatic heterocycles. The summed E-state index contributed by atoms with van der Waals surface area (Å²) in [5.74, 6) is 2.45. The summed E-state index contributed by atoms with van der Waals surface area (Å²) in [6.45, 7) is 10.8. The second-order valence-corrected chi connectivity index (χ2v) is 7.63. The minimum Gasteiger partial charge on any atom is -0.441 e. The van der Waals surface area contributed by atoms with E-state index in [4.69, 9.17) is 4.42 Å². The van der Waals surface area contributed by atoms with Crippen LogP contribution < -0.4 is 0 Å². The van der Waals surface area contributed by atoms with Crippen LogP contribution in [0.25, 0.3) is 28.2 Å². The number of aromatic nitrogens is 3. The average molecular weight is 359 g/mol. The van der Waals surface area contributed by atoms with E-state index in [-0.39, 0.29) is 0 Å². The number of rotatable bonds is 4. The third kappa shape index (κ3) is 3.05. The predicted octanol–water partition coefficient (Wildman–Crippen LogP) is 6.24. The second-order valence-electron chi connectivity index (χ2n) is 7.63. The highest BCUT2D eigenvalue weighted by atomic mass is 16.3. The van der Waals surface area contributed by atoms with Gasteiger partial charge in [0.05, 0.1) is 5.69 Å². The zero-order chi connectivity index (χ0) is 19.1. The summed E-state index contributed by atoms with van der Waals surface area (Å²) in [5, 5.41) is 0. The van der Waals surface area contributed by atoms with Gasteiger partial charge >= 0.3 is 0 Å². The van der Waals surface area contributed by atoms with E-state index >= 15 is 0 Å². The van der Waals surface area contributed by atoms with Gasteiger partial charge in [0.1, 0.15) is 11.3 Å². The maximum Gasteiger partial charge on any atom is 0.192 e.